The number of aliphatic hydroxyl groups excluding tert-OH is 1. The fourth-order valence-corrected chi connectivity index (χ4v) is 5.30. The third-order valence-corrected chi connectivity index (χ3v) is 7.55. The molecule has 0 spiro atoms. The van der Waals surface area contributed by atoms with Crippen LogP contribution in [0.2, 0.25) is 0 Å². The summed E-state index contributed by atoms with van der Waals surface area (Å²) in [6, 6.07) is 17.7. The van der Waals surface area contributed by atoms with Crippen molar-refractivity contribution in [1.29, 1.82) is 0 Å². The third kappa shape index (κ3) is 8.94. The molecule has 0 bridgehead atoms. The number of carbonyl (C=O) groups excluding carboxylic acids is 2. The average molecular weight is 588 g/mol. The molecule has 0 aliphatic heterocycles. The van der Waals surface area contributed by atoms with Gasteiger partial charge in [-0.15, -0.1) is 11.3 Å². The summed E-state index contributed by atoms with van der Waals surface area (Å²) in [6.07, 6.45) is 2.96. The van der Waals surface area contributed by atoms with Gasteiger partial charge >= 0.3 is 0 Å². The van der Waals surface area contributed by atoms with E-state index in [0.717, 1.165) is 21.8 Å². The zero-order valence-corrected chi connectivity index (χ0v) is 24.9. The van der Waals surface area contributed by atoms with Crippen LogP contribution in [0.25, 0.3) is 0 Å². The standard InChI is InChI=1S/C32H37N5O4S/c1-4-41-27-13-24(16-33-18-27)17-34-19-29(38)28(14-23-9-6-5-7-10-23)36-31(39)25-11-8-12-26(15-25)32(40)37(3)20-30-35-22(2)21-42-30/h5-13,15-16,18,21,28-29,34,38H,4,14,17,19-20H2,1-3H3,(H,36,39). The van der Waals surface area contributed by atoms with Crippen molar-refractivity contribution < 1.29 is 19.4 Å². The lowest BCUT2D eigenvalue weighted by Gasteiger charge is -2.25. The predicted molar refractivity (Wildman–Crippen MR) is 164 cm³/mol. The molecule has 0 saturated heterocycles. The van der Waals surface area contributed by atoms with E-state index in [4.69, 9.17) is 4.74 Å². The molecule has 4 aromatic rings. The van der Waals surface area contributed by atoms with Gasteiger partial charge in [0.2, 0.25) is 0 Å². The molecule has 2 atom stereocenters. The molecule has 220 valence electrons. The number of aromatic nitrogens is 2. The fourth-order valence-electron chi connectivity index (χ4n) is 4.48. The lowest BCUT2D eigenvalue weighted by molar-refractivity contribution is 0.0784. The lowest BCUT2D eigenvalue weighted by atomic mass is 10.00. The normalized spacial score (nSPS) is 12.4. The number of benzene rings is 2. The van der Waals surface area contributed by atoms with E-state index in [-0.39, 0.29) is 18.4 Å². The Hall–Kier alpha value is -4.12. The summed E-state index contributed by atoms with van der Waals surface area (Å²) in [6.45, 7) is 5.50. The molecular formula is C32H37N5O4S. The number of pyridine rings is 1. The third-order valence-electron chi connectivity index (χ3n) is 6.60. The number of rotatable bonds is 14. The Labute approximate surface area is 250 Å². The van der Waals surface area contributed by atoms with Crippen molar-refractivity contribution in [3.8, 4) is 5.75 Å². The number of hydrogen-bond acceptors (Lipinski definition) is 8. The molecule has 0 radical (unpaired) electrons. The van der Waals surface area contributed by atoms with Gasteiger partial charge < -0.3 is 25.4 Å². The Morgan fingerprint density at radius 1 is 1.05 bits per heavy atom. The average Bonchev–Trinajstić information content (AvgIpc) is 3.41. The van der Waals surface area contributed by atoms with Gasteiger partial charge in [-0.05, 0) is 55.7 Å². The van der Waals surface area contributed by atoms with Crippen molar-refractivity contribution in [2.45, 2.75) is 45.5 Å². The minimum atomic E-state index is -0.880. The highest BCUT2D eigenvalue weighted by Gasteiger charge is 2.23. The summed E-state index contributed by atoms with van der Waals surface area (Å²) >= 11 is 1.51. The summed E-state index contributed by atoms with van der Waals surface area (Å²) in [7, 11) is 1.72. The van der Waals surface area contributed by atoms with E-state index in [0.29, 0.717) is 43.0 Å². The van der Waals surface area contributed by atoms with Crippen LogP contribution in [0.1, 0.15) is 49.5 Å². The van der Waals surface area contributed by atoms with Crippen LogP contribution in [0.15, 0.2) is 78.4 Å². The molecule has 10 heteroatoms. The smallest absolute Gasteiger partial charge is 0.253 e. The van der Waals surface area contributed by atoms with Crippen molar-refractivity contribution in [1.82, 2.24) is 25.5 Å². The second-order valence-corrected chi connectivity index (χ2v) is 11.0. The Bertz CT molecular complexity index is 1460. The Morgan fingerprint density at radius 3 is 2.57 bits per heavy atom. The maximum atomic E-state index is 13.4. The molecular weight excluding hydrogens is 550 g/mol. The van der Waals surface area contributed by atoms with Crippen molar-refractivity contribution in [2.75, 3.05) is 20.2 Å². The highest BCUT2D eigenvalue weighted by Crippen LogP contribution is 2.15. The van der Waals surface area contributed by atoms with Gasteiger partial charge in [-0.2, -0.15) is 0 Å². The number of amides is 2. The van der Waals surface area contributed by atoms with Crippen molar-refractivity contribution in [3.63, 3.8) is 0 Å². The molecule has 4 rings (SSSR count). The Kier molecular flexibility index (Phi) is 11.2. The molecule has 2 aromatic heterocycles. The van der Waals surface area contributed by atoms with E-state index in [1.165, 1.54) is 11.3 Å². The first-order valence-corrected chi connectivity index (χ1v) is 14.8. The molecule has 0 aliphatic rings. The number of nitrogens with zero attached hydrogens (tertiary/aromatic N) is 3. The number of hydrogen-bond donors (Lipinski definition) is 3. The van der Waals surface area contributed by atoms with E-state index in [2.05, 4.69) is 20.6 Å². The molecule has 2 heterocycles. The van der Waals surface area contributed by atoms with Crippen LogP contribution in [0.4, 0.5) is 0 Å². The van der Waals surface area contributed by atoms with E-state index in [1.54, 1.807) is 48.6 Å². The van der Waals surface area contributed by atoms with E-state index in [9.17, 15) is 14.7 Å². The first kappa shape index (κ1) is 30.8. The number of thiazole rings is 1. The number of ether oxygens (including phenoxy) is 1. The monoisotopic (exact) mass is 587 g/mol. The molecule has 2 aromatic carbocycles. The second kappa shape index (κ2) is 15.2. The Morgan fingerprint density at radius 2 is 1.83 bits per heavy atom. The summed E-state index contributed by atoms with van der Waals surface area (Å²) in [5.74, 6) is 0.124. The zero-order valence-electron chi connectivity index (χ0n) is 24.1. The summed E-state index contributed by atoms with van der Waals surface area (Å²) in [5.41, 5.74) is 3.58. The summed E-state index contributed by atoms with van der Waals surface area (Å²) in [4.78, 5) is 36.7. The maximum Gasteiger partial charge on any atom is 0.253 e. The van der Waals surface area contributed by atoms with Gasteiger partial charge in [0.25, 0.3) is 11.8 Å². The van der Waals surface area contributed by atoms with Gasteiger partial charge in [-0.3, -0.25) is 14.6 Å². The number of aryl methyl sites for hydroxylation is 1. The van der Waals surface area contributed by atoms with Crippen LogP contribution in [0, 0.1) is 6.92 Å². The van der Waals surface area contributed by atoms with Crippen LogP contribution >= 0.6 is 11.3 Å². The van der Waals surface area contributed by atoms with Gasteiger partial charge in [0.15, 0.2) is 0 Å². The van der Waals surface area contributed by atoms with Crippen LogP contribution in [0.5, 0.6) is 5.75 Å². The maximum absolute atomic E-state index is 13.4. The first-order chi connectivity index (χ1) is 20.3. The highest BCUT2D eigenvalue weighted by atomic mass is 32.1. The lowest BCUT2D eigenvalue weighted by Crippen LogP contribution is -2.48. The van der Waals surface area contributed by atoms with Crippen LogP contribution < -0.4 is 15.4 Å². The minimum absolute atomic E-state index is 0.203. The van der Waals surface area contributed by atoms with E-state index >= 15 is 0 Å². The quantitative estimate of drug-likeness (QED) is 0.204. The molecule has 9 nitrogen and oxygen atoms in total. The van der Waals surface area contributed by atoms with Crippen LogP contribution in [0.3, 0.4) is 0 Å². The fraction of sp³-hybridized carbons (Fsp3) is 0.312. The van der Waals surface area contributed by atoms with Crippen molar-refractivity contribution in [2.24, 2.45) is 0 Å². The minimum Gasteiger partial charge on any atom is -0.492 e. The molecule has 2 unspecified atom stereocenters. The van der Waals surface area contributed by atoms with Gasteiger partial charge in [0.1, 0.15) is 10.8 Å². The van der Waals surface area contributed by atoms with Gasteiger partial charge in [-0.1, -0.05) is 36.4 Å². The second-order valence-electron chi connectivity index (χ2n) is 10.1. The molecule has 0 fully saturated rings. The van der Waals surface area contributed by atoms with Crippen LogP contribution in [-0.4, -0.2) is 64.1 Å². The highest BCUT2D eigenvalue weighted by molar-refractivity contribution is 7.09. The van der Waals surface area contributed by atoms with Crippen LogP contribution in [-0.2, 0) is 19.5 Å². The van der Waals surface area contributed by atoms with E-state index in [1.807, 2.05) is 55.6 Å². The van der Waals surface area contributed by atoms with Gasteiger partial charge in [0, 0.05) is 48.5 Å². The van der Waals surface area contributed by atoms with Crippen molar-refractivity contribution >= 4 is 23.2 Å². The number of aliphatic hydroxyl groups is 1. The molecule has 42 heavy (non-hydrogen) atoms. The zero-order chi connectivity index (χ0) is 29.9. The number of carbonyl (C=O) groups is 2. The topological polar surface area (TPSA) is 117 Å². The van der Waals surface area contributed by atoms with Gasteiger partial charge in [0.05, 0.1) is 31.5 Å². The largest absolute Gasteiger partial charge is 0.492 e. The predicted octanol–water partition coefficient (Wildman–Crippen LogP) is 4.01. The SMILES string of the molecule is CCOc1cncc(CNCC(O)C(Cc2ccccc2)NC(=O)c2cccc(C(=O)N(C)Cc3nc(C)cs3)c2)c1. The Balaban J connectivity index is 1.41. The van der Waals surface area contributed by atoms with E-state index < -0.39 is 12.1 Å². The molecule has 0 saturated carbocycles. The molecule has 3 N–H and O–H groups in total. The molecule has 2 amide bonds. The molecule has 0 aliphatic carbocycles. The van der Waals surface area contributed by atoms with Gasteiger partial charge in [-0.25, -0.2) is 4.98 Å². The number of nitrogens with one attached hydrogen (secondary N) is 2. The summed E-state index contributed by atoms with van der Waals surface area (Å²) in [5, 5.41) is 20.2. The summed E-state index contributed by atoms with van der Waals surface area (Å²) < 4.78 is 5.51. The first-order valence-electron chi connectivity index (χ1n) is 13.9. The van der Waals surface area contributed by atoms with Crippen molar-refractivity contribution in [3.05, 3.63) is 111 Å².